The summed E-state index contributed by atoms with van der Waals surface area (Å²) in [4.78, 5) is 32.7. The van der Waals surface area contributed by atoms with E-state index in [1.165, 1.54) is 25.3 Å². The molecule has 8 heteroatoms. The molecule has 7 nitrogen and oxygen atoms in total. The summed E-state index contributed by atoms with van der Waals surface area (Å²) in [5, 5.41) is 9.73. The van der Waals surface area contributed by atoms with Crippen LogP contribution in [-0.4, -0.2) is 70.6 Å². The van der Waals surface area contributed by atoms with Crippen molar-refractivity contribution >= 4 is 11.8 Å². The van der Waals surface area contributed by atoms with Gasteiger partial charge in [-0.1, -0.05) is 18.8 Å². The number of pyridine rings is 1. The zero-order valence-electron chi connectivity index (χ0n) is 19.2. The molecule has 0 bridgehead atoms. The summed E-state index contributed by atoms with van der Waals surface area (Å²) in [7, 11) is 1.69. The van der Waals surface area contributed by atoms with E-state index in [0.29, 0.717) is 24.2 Å². The number of rotatable bonds is 4. The number of fused-ring (bicyclic) bond motifs is 1. The summed E-state index contributed by atoms with van der Waals surface area (Å²) in [5.41, 5.74) is 1.36. The lowest BCUT2D eigenvalue weighted by atomic mass is 10.00. The molecule has 174 valence electrons. The van der Waals surface area contributed by atoms with Crippen LogP contribution < -0.4 is 4.74 Å². The van der Waals surface area contributed by atoms with Crippen LogP contribution in [0.2, 0.25) is 0 Å². The van der Waals surface area contributed by atoms with Crippen molar-refractivity contribution in [2.45, 2.75) is 32.9 Å². The zero-order valence-corrected chi connectivity index (χ0v) is 19.2. The standard InChI is InChI=1S/C25H28FN3O4/c1-16-13-29(17(2)15-30)25(32)22-11-20(6-5-19-7-9-21(26)10-8-19)12-27-24(22)33-23(16)14-28(4)18(3)31/h7-12,16-17,23,30H,13-15H2,1-4H3/t16-,17-,23+/m1/s1. The minimum Gasteiger partial charge on any atom is -0.472 e. The summed E-state index contributed by atoms with van der Waals surface area (Å²) < 4.78 is 19.2. The van der Waals surface area contributed by atoms with Crippen LogP contribution in [0.5, 0.6) is 5.88 Å². The highest BCUT2D eigenvalue weighted by Crippen LogP contribution is 2.27. The zero-order chi connectivity index (χ0) is 24.1. The molecule has 0 aliphatic carbocycles. The average molecular weight is 454 g/mol. The van der Waals surface area contributed by atoms with Crippen LogP contribution in [0.3, 0.4) is 0 Å². The van der Waals surface area contributed by atoms with E-state index in [1.54, 1.807) is 42.0 Å². The van der Waals surface area contributed by atoms with Crippen molar-refractivity contribution in [3.63, 3.8) is 0 Å². The quantitative estimate of drug-likeness (QED) is 0.719. The van der Waals surface area contributed by atoms with Crippen LogP contribution in [0.15, 0.2) is 36.5 Å². The van der Waals surface area contributed by atoms with E-state index in [4.69, 9.17) is 4.74 Å². The van der Waals surface area contributed by atoms with Gasteiger partial charge in [-0.05, 0) is 37.3 Å². The Morgan fingerprint density at radius 3 is 2.64 bits per heavy atom. The maximum absolute atomic E-state index is 13.4. The predicted molar refractivity (Wildman–Crippen MR) is 121 cm³/mol. The van der Waals surface area contributed by atoms with Gasteiger partial charge in [0.15, 0.2) is 0 Å². The molecule has 0 saturated carbocycles. The molecule has 1 N–H and O–H groups in total. The number of aliphatic hydroxyl groups is 1. The number of carbonyl (C=O) groups is 2. The predicted octanol–water partition coefficient (Wildman–Crippen LogP) is 2.32. The fourth-order valence-electron chi connectivity index (χ4n) is 3.46. The van der Waals surface area contributed by atoms with Gasteiger partial charge in [0, 0.05) is 43.8 Å². The van der Waals surface area contributed by atoms with Crippen LogP contribution in [0.4, 0.5) is 4.39 Å². The summed E-state index contributed by atoms with van der Waals surface area (Å²) in [5.74, 6) is 5.18. The van der Waals surface area contributed by atoms with Gasteiger partial charge in [0.1, 0.15) is 17.5 Å². The molecule has 1 aliphatic heterocycles. The molecule has 33 heavy (non-hydrogen) atoms. The van der Waals surface area contributed by atoms with Crippen molar-refractivity contribution in [1.29, 1.82) is 0 Å². The van der Waals surface area contributed by atoms with Crippen molar-refractivity contribution in [3.05, 3.63) is 59.0 Å². The third kappa shape index (κ3) is 5.88. The Balaban J connectivity index is 1.99. The van der Waals surface area contributed by atoms with E-state index in [0.717, 1.165) is 0 Å². The van der Waals surface area contributed by atoms with Gasteiger partial charge >= 0.3 is 0 Å². The maximum Gasteiger partial charge on any atom is 0.259 e. The van der Waals surface area contributed by atoms with Crippen molar-refractivity contribution in [1.82, 2.24) is 14.8 Å². The number of hydrogen-bond acceptors (Lipinski definition) is 5. The summed E-state index contributed by atoms with van der Waals surface area (Å²) in [6.45, 7) is 5.69. The molecule has 3 rings (SSSR count). The lowest BCUT2D eigenvalue weighted by Gasteiger charge is -2.37. The topological polar surface area (TPSA) is 83.0 Å². The Morgan fingerprint density at radius 1 is 1.33 bits per heavy atom. The first-order valence-electron chi connectivity index (χ1n) is 10.8. The number of halogens is 1. The molecule has 1 aliphatic rings. The van der Waals surface area contributed by atoms with Gasteiger partial charge in [-0.15, -0.1) is 0 Å². The van der Waals surface area contributed by atoms with Gasteiger partial charge in [-0.25, -0.2) is 9.37 Å². The minimum absolute atomic E-state index is 0.0934. The Labute approximate surface area is 193 Å². The van der Waals surface area contributed by atoms with Crippen molar-refractivity contribution in [2.75, 3.05) is 26.7 Å². The Kier molecular flexibility index (Phi) is 7.67. The lowest BCUT2D eigenvalue weighted by molar-refractivity contribution is -0.129. The normalized spacial score (nSPS) is 18.7. The Bertz CT molecular complexity index is 1080. The lowest BCUT2D eigenvalue weighted by Crippen LogP contribution is -2.50. The minimum atomic E-state index is -0.411. The number of nitrogens with zero attached hydrogens (tertiary/aromatic N) is 3. The SMILES string of the molecule is CC(=O)N(C)C[C@@H]1Oc2ncc(C#Cc3ccc(F)cc3)cc2C(=O)N([C@H](C)CO)C[C@H]1C. The molecule has 2 heterocycles. The number of carbonyl (C=O) groups excluding carboxylic acids is 2. The molecule has 3 atom stereocenters. The smallest absolute Gasteiger partial charge is 0.259 e. The van der Waals surface area contributed by atoms with Crippen molar-refractivity contribution in [3.8, 4) is 17.7 Å². The largest absolute Gasteiger partial charge is 0.472 e. The van der Waals surface area contributed by atoms with Crippen LogP contribution in [0.1, 0.15) is 42.3 Å². The molecule has 2 amide bonds. The van der Waals surface area contributed by atoms with Gasteiger partial charge in [0.2, 0.25) is 11.8 Å². The van der Waals surface area contributed by atoms with Crippen LogP contribution in [-0.2, 0) is 4.79 Å². The Hall–Kier alpha value is -3.44. The number of hydrogen-bond donors (Lipinski definition) is 1. The van der Waals surface area contributed by atoms with Gasteiger partial charge in [-0.2, -0.15) is 0 Å². The second kappa shape index (κ2) is 10.5. The maximum atomic E-state index is 13.4. The number of benzene rings is 1. The van der Waals surface area contributed by atoms with Gasteiger partial charge in [0.25, 0.3) is 5.91 Å². The molecule has 0 unspecified atom stereocenters. The third-order valence-corrected chi connectivity index (χ3v) is 5.71. The number of aromatic nitrogens is 1. The van der Waals surface area contributed by atoms with E-state index in [1.807, 2.05) is 6.92 Å². The molecular weight excluding hydrogens is 425 g/mol. The third-order valence-electron chi connectivity index (χ3n) is 5.71. The van der Waals surface area contributed by atoms with Gasteiger partial charge in [-0.3, -0.25) is 9.59 Å². The molecule has 2 aromatic rings. The highest BCUT2D eigenvalue weighted by atomic mass is 19.1. The number of ether oxygens (including phenoxy) is 1. The molecule has 0 fully saturated rings. The van der Waals surface area contributed by atoms with Gasteiger partial charge in [0.05, 0.1) is 19.2 Å². The molecule has 0 spiro atoms. The summed E-state index contributed by atoms with van der Waals surface area (Å²) >= 11 is 0. The van der Waals surface area contributed by atoms with Crippen molar-refractivity contribution < 1.29 is 23.8 Å². The Morgan fingerprint density at radius 2 is 2.00 bits per heavy atom. The van der Waals surface area contributed by atoms with Crippen LogP contribution >= 0.6 is 0 Å². The molecule has 1 aromatic carbocycles. The van der Waals surface area contributed by atoms with E-state index < -0.39 is 12.1 Å². The average Bonchev–Trinajstić information content (AvgIpc) is 2.80. The summed E-state index contributed by atoms with van der Waals surface area (Å²) in [6.07, 6.45) is 1.11. The van der Waals surface area contributed by atoms with Crippen molar-refractivity contribution in [2.24, 2.45) is 5.92 Å². The van der Waals surface area contributed by atoms with Crippen LogP contribution in [0, 0.1) is 23.6 Å². The van der Waals surface area contributed by atoms with E-state index >= 15 is 0 Å². The molecular formula is C25H28FN3O4. The monoisotopic (exact) mass is 453 g/mol. The first kappa shape index (κ1) is 24.2. The summed E-state index contributed by atoms with van der Waals surface area (Å²) in [6, 6.07) is 6.99. The van der Waals surface area contributed by atoms with E-state index in [2.05, 4.69) is 16.8 Å². The molecule has 0 saturated heterocycles. The van der Waals surface area contributed by atoms with E-state index in [-0.39, 0.29) is 41.6 Å². The number of amides is 2. The fourth-order valence-corrected chi connectivity index (χ4v) is 3.46. The number of likely N-dealkylation sites (N-methyl/N-ethyl adjacent to an activating group) is 1. The van der Waals surface area contributed by atoms with E-state index in [9.17, 15) is 19.1 Å². The molecule has 1 aromatic heterocycles. The first-order valence-corrected chi connectivity index (χ1v) is 10.8. The number of aliphatic hydroxyl groups excluding tert-OH is 1. The second-order valence-corrected chi connectivity index (χ2v) is 8.36. The van der Waals surface area contributed by atoms with Crippen LogP contribution in [0.25, 0.3) is 0 Å². The highest BCUT2D eigenvalue weighted by molar-refractivity contribution is 5.97. The second-order valence-electron chi connectivity index (χ2n) is 8.36. The van der Waals surface area contributed by atoms with Gasteiger partial charge < -0.3 is 19.6 Å². The fraction of sp³-hybridized carbons (Fsp3) is 0.400. The first-order chi connectivity index (χ1) is 15.7. The molecule has 0 radical (unpaired) electrons. The highest BCUT2D eigenvalue weighted by Gasteiger charge is 2.34.